The van der Waals surface area contributed by atoms with Crippen LogP contribution in [-0.2, 0) is 10.4 Å². The van der Waals surface area contributed by atoms with E-state index in [-0.39, 0.29) is 48.9 Å². The third kappa shape index (κ3) is 149. The van der Waals surface area contributed by atoms with Gasteiger partial charge in [-0.15, -0.1) is 0 Å². The first kappa shape index (κ1) is 16.2. The van der Waals surface area contributed by atoms with E-state index in [4.69, 9.17) is 17.5 Å². The van der Waals surface area contributed by atoms with Gasteiger partial charge in [0.05, 0.1) is 0 Å². The Bertz CT molecular complexity index is 97.2. The van der Waals surface area contributed by atoms with E-state index in [1.165, 1.54) is 0 Å². The van der Waals surface area contributed by atoms with Gasteiger partial charge in [0.1, 0.15) is 0 Å². The molecule has 0 radical (unpaired) electrons. The predicted molar refractivity (Wildman–Crippen MR) is 27.6 cm³/mol. The molecular weight excluding hydrogens is 257 g/mol. The maximum absolute atomic E-state index is 8.52. The van der Waals surface area contributed by atoms with Gasteiger partial charge in [0.25, 0.3) is 0 Å². The molecule has 0 bridgehead atoms. The van der Waals surface area contributed by atoms with Gasteiger partial charge in [-0.3, -0.25) is 8.42 Å². The second-order valence-electron chi connectivity index (χ2n) is 0.408. The average molecular weight is 263 g/mol. The Balaban J connectivity index is -0.0000000750. The molecule has 0 spiro atoms. The number of rotatable bonds is 0. The van der Waals surface area contributed by atoms with Gasteiger partial charge >= 0.3 is 48.9 Å². The topological polar surface area (TPSA) is 80.3 Å². The largest absolute Gasteiger partial charge is 2.00 e. The second-order valence-corrected chi connectivity index (χ2v) is 1.22. The summed E-state index contributed by atoms with van der Waals surface area (Å²) in [7, 11) is -5.17. The molecule has 0 amide bonds. The SMILES string of the molecule is CC.O=S(=O)([O-])[O-].[Ba+2]. The van der Waals surface area contributed by atoms with E-state index in [0.29, 0.717) is 0 Å². The Morgan fingerprint density at radius 1 is 1.12 bits per heavy atom. The van der Waals surface area contributed by atoms with Crippen molar-refractivity contribution in [2.75, 3.05) is 0 Å². The van der Waals surface area contributed by atoms with Crippen LogP contribution in [0, 0.1) is 0 Å². The van der Waals surface area contributed by atoms with E-state index in [0.717, 1.165) is 0 Å². The molecule has 6 heteroatoms. The van der Waals surface area contributed by atoms with Crippen LogP contribution in [0.2, 0.25) is 0 Å². The van der Waals surface area contributed by atoms with Crippen LogP contribution in [0.1, 0.15) is 13.8 Å². The summed E-state index contributed by atoms with van der Waals surface area (Å²) in [6.45, 7) is 4.00. The summed E-state index contributed by atoms with van der Waals surface area (Å²) in [5.41, 5.74) is 0. The zero-order valence-electron chi connectivity index (χ0n) is 4.75. The molecular formula is C2H6BaO4S. The Hall–Kier alpha value is 1.44. The molecule has 0 N–H and O–H groups in total. The summed E-state index contributed by atoms with van der Waals surface area (Å²) < 4.78 is 34.1. The van der Waals surface area contributed by atoms with Crippen molar-refractivity contribution in [3.63, 3.8) is 0 Å². The standard InChI is InChI=1S/C2H6.Ba.H2O4S/c1-2;;1-5(2,3)4/h1-2H3;;(H2,1,2,3,4)/q;+2;/p-2. The minimum absolute atomic E-state index is 0. The molecule has 46 valence electrons. The molecule has 0 aromatic carbocycles. The molecule has 0 unspecified atom stereocenters. The third-order valence-corrected chi connectivity index (χ3v) is 0. The van der Waals surface area contributed by atoms with Gasteiger partial charge in [-0.2, -0.15) is 0 Å². The minimum Gasteiger partial charge on any atom is -0.759 e. The average Bonchev–Trinajstić information content (AvgIpc) is 1.36. The summed E-state index contributed by atoms with van der Waals surface area (Å²) in [6.07, 6.45) is 0. The van der Waals surface area contributed by atoms with E-state index in [9.17, 15) is 0 Å². The monoisotopic (exact) mass is 264 g/mol. The van der Waals surface area contributed by atoms with E-state index in [1.54, 1.807) is 0 Å². The summed E-state index contributed by atoms with van der Waals surface area (Å²) in [6, 6.07) is 0. The molecule has 0 aliphatic rings. The van der Waals surface area contributed by atoms with Crippen molar-refractivity contribution >= 4 is 59.3 Å². The maximum Gasteiger partial charge on any atom is 2.00 e. The fraction of sp³-hybridized carbons (Fsp3) is 1.00. The molecule has 0 heterocycles. The molecule has 0 aliphatic carbocycles. The van der Waals surface area contributed by atoms with Crippen molar-refractivity contribution < 1.29 is 17.5 Å². The van der Waals surface area contributed by atoms with Gasteiger partial charge in [-0.05, 0) is 0 Å². The van der Waals surface area contributed by atoms with Crippen LogP contribution < -0.4 is 0 Å². The Morgan fingerprint density at radius 3 is 1.12 bits per heavy atom. The van der Waals surface area contributed by atoms with Crippen molar-refractivity contribution in [2.45, 2.75) is 13.8 Å². The second kappa shape index (κ2) is 8.44. The van der Waals surface area contributed by atoms with Gasteiger partial charge < -0.3 is 9.11 Å². The van der Waals surface area contributed by atoms with Crippen molar-refractivity contribution in [1.29, 1.82) is 0 Å². The fourth-order valence-corrected chi connectivity index (χ4v) is 0. The molecule has 0 fully saturated rings. The van der Waals surface area contributed by atoms with E-state index in [1.807, 2.05) is 13.8 Å². The molecule has 0 aromatic rings. The smallest absolute Gasteiger partial charge is 0.759 e. The molecule has 0 saturated carbocycles. The van der Waals surface area contributed by atoms with Crippen LogP contribution in [-0.4, -0.2) is 66.4 Å². The molecule has 0 rings (SSSR count). The van der Waals surface area contributed by atoms with Gasteiger partial charge in [-0.1, -0.05) is 13.8 Å². The first-order valence-corrected chi connectivity index (χ1v) is 3.00. The zero-order chi connectivity index (χ0) is 6.50. The summed E-state index contributed by atoms with van der Waals surface area (Å²) in [4.78, 5) is 0. The molecule has 0 saturated heterocycles. The maximum atomic E-state index is 8.52. The van der Waals surface area contributed by atoms with Crippen LogP contribution >= 0.6 is 0 Å². The Morgan fingerprint density at radius 2 is 1.12 bits per heavy atom. The van der Waals surface area contributed by atoms with Crippen LogP contribution in [0.5, 0.6) is 0 Å². The molecule has 8 heavy (non-hydrogen) atoms. The van der Waals surface area contributed by atoms with Crippen LogP contribution in [0.15, 0.2) is 0 Å². The first-order chi connectivity index (χ1) is 3.00. The quantitative estimate of drug-likeness (QED) is 0.329. The predicted octanol–water partition coefficient (Wildman–Crippen LogP) is -0.693. The van der Waals surface area contributed by atoms with E-state index < -0.39 is 10.4 Å². The van der Waals surface area contributed by atoms with E-state index in [2.05, 4.69) is 0 Å². The first-order valence-electron chi connectivity index (χ1n) is 1.67. The van der Waals surface area contributed by atoms with Gasteiger partial charge in [0.2, 0.25) is 0 Å². The van der Waals surface area contributed by atoms with E-state index >= 15 is 0 Å². The molecule has 0 aliphatic heterocycles. The van der Waals surface area contributed by atoms with Crippen LogP contribution in [0.25, 0.3) is 0 Å². The summed E-state index contributed by atoms with van der Waals surface area (Å²) in [5, 5.41) is 0. The Kier molecular flexibility index (Phi) is 17.1. The van der Waals surface area contributed by atoms with Crippen molar-refractivity contribution in [3.05, 3.63) is 0 Å². The molecule has 0 atom stereocenters. The van der Waals surface area contributed by atoms with Gasteiger partial charge in [0, 0.05) is 10.4 Å². The normalized spacial score (nSPS) is 8.00. The fourth-order valence-electron chi connectivity index (χ4n) is 0. The van der Waals surface area contributed by atoms with Crippen LogP contribution in [0.4, 0.5) is 0 Å². The van der Waals surface area contributed by atoms with Crippen molar-refractivity contribution in [1.82, 2.24) is 0 Å². The van der Waals surface area contributed by atoms with Gasteiger partial charge in [0.15, 0.2) is 0 Å². The van der Waals surface area contributed by atoms with Crippen molar-refractivity contribution in [3.8, 4) is 0 Å². The number of hydrogen-bond acceptors (Lipinski definition) is 4. The van der Waals surface area contributed by atoms with Crippen molar-refractivity contribution in [2.24, 2.45) is 0 Å². The van der Waals surface area contributed by atoms with Gasteiger partial charge in [-0.25, -0.2) is 0 Å². The molecule has 0 aromatic heterocycles. The summed E-state index contributed by atoms with van der Waals surface area (Å²) in [5.74, 6) is 0. The zero-order valence-corrected chi connectivity index (χ0v) is 10.0. The van der Waals surface area contributed by atoms with Crippen LogP contribution in [0.3, 0.4) is 0 Å². The molecule has 4 nitrogen and oxygen atoms in total. The third-order valence-electron chi connectivity index (χ3n) is 0. The summed E-state index contributed by atoms with van der Waals surface area (Å²) >= 11 is 0. The number of hydrogen-bond donors (Lipinski definition) is 0. The minimum atomic E-state index is -5.17. The Labute approximate surface area is 89.3 Å².